The van der Waals surface area contributed by atoms with Crippen LogP contribution in [0.25, 0.3) is 0 Å². The molecule has 1 saturated heterocycles. The van der Waals surface area contributed by atoms with E-state index in [0.717, 1.165) is 19.5 Å². The van der Waals surface area contributed by atoms with E-state index in [1.807, 2.05) is 12.4 Å². The molecule has 2 heterocycles. The van der Waals surface area contributed by atoms with Crippen LogP contribution < -0.4 is 9.88 Å². The first-order valence-corrected chi connectivity index (χ1v) is 8.19. The van der Waals surface area contributed by atoms with Gasteiger partial charge in [-0.15, -0.1) is 0 Å². The highest BCUT2D eigenvalue weighted by Gasteiger charge is 2.10. The summed E-state index contributed by atoms with van der Waals surface area (Å²) in [5.74, 6) is 0.157. The molecule has 21 heavy (non-hydrogen) atoms. The van der Waals surface area contributed by atoms with Crippen LogP contribution in [0.1, 0.15) is 37.7 Å². The number of nitrogens with one attached hydrogen (secondary N) is 1. The lowest BCUT2D eigenvalue weighted by Crippen LogP contribution is -2.36. The molecule has 4 heteroatoms. The molecule has 0 radical (unpaired) electrons. The van der Waals surface area contributed by atoms with Crippen molar-refractivity contribution in [1.82, 2.24) is 10.2 Å². The molecular weight excluding hydrogens is 262 g/mol. The van der Waals surface area contributed by atoms with E-state index >= 15 is 0 Å². The Morgan fingerprint density at radius 2 is 1.95 bits per heavy atom. The van der Waals surface area contributed by atoms with Crippen LogP contribution in [0, 0.1) is 6.92 Å². The maximum Gasteiger partial charge on any atom is 0.226 e. The summed E-state index contributed by atoms with van der Waals surface area (Å²) in [4.78, 5) is 14.3. The Morgan fingerprint density at radius 3 is 2.67 bits per heavy atom. The molecule has 0 spiro atoms. The molecule has 2 rings (SSSR count). The lowest BCUT2D eigenvalue weighted by Gasteiger charge is -2.13. The standard InChI is InChI=1S/C17H27N3O/c1-16-6-13-20(14-7-16)15-8-17(21)18-9-2-3-10-19-11-4-5-12-19/h6-7,13-14H,2-5,8-12,15H2,1H3/p+1. The highest BCUT2D eigenvalue weighted by Crippen LogP contribution is 2.07. The van der Waals surface area contributed by atoms with Gasteiger partial charge in [0.25, 0.3) is 0 Å². The fourth-order valence-corrected chi connectivity index (χ4v) is 2.69. The van der Waals surface area contributed by atoms with Crippen LogP contribution in [0.2, 0.25) is 0 Å². The Kier molecular flexibility index (Phi) is 6.67. The van der Waals surface area contributed by atoms with E-state index in [0.29, 0.717) is 6.42 Å². The fraction of sp³-hybridized carbons (Fsp3) is 0.647. The molecule has 116 valence electrons. The maximum atomic E-state index is 11.8. The summed E-state index contributed by atoms with van der Waals surface area (Å²) in [7, 11) is 0. The topological polar surface area (TPSA) is 36.2 Å². The average Bonchev–Trinajstić information content (AvgIpc) is 2.99. The summed E-state index contributed by atoms with van der Waals surface area (Å²) in [5, 5.41) is 3.02. The normalized spacial score (nSPS) is 15.3. The van der Waals surface area contributed by atoms with Gasteiger partial charge in [-0.05, 0) is 57.8 Å². The lowest BCUT2D eigenvalue weighted by molar-refractivity contribution is -0.695. The molecule has 1 amide bonds. The molecule has 0 aliphatic carbocycles. The Bertz CT molecular complexity index is 424. The minimum atomic E-state index is 0.157. The van der Waals surface area contributed by atoms with E-state index in [9.17, 15) is 4.79 Å². The van der Waals surface area contributed by atoms with Crippen molar-refractivity contribution in [3.63, 3.8) is 0 Å². The number of carbonyl (C=O) groups excluding carboxylic acids is 1. The molecule has 0 unspecified atom stereocenters. The van der Waals surface area contributed by atoms with Gasteiger partial charge < -0.3 is 10.2 Å². The molecule has 1 aliphatic rings. The van der Waals surface area contributed by atoms with E-state index in [1.165, 1.54) is 44.5 Å². The van der Waals surface area contributed by atoms with Gasteiger partial charge in [-0.2, -0.15) is 0 Å². The second-order valence-corrected chi connectivity index (χ2v) is 5.97. The average molecular weight is 290 g/mol. The summed E-state index contributed by atoms with van der Waals surface area (Å²) in [6, 6.07) is 4.13. The van der Waals surface area contributed by atoms with Crippen molar-refractivity contribution in [3.8, 4) is 0 Å². The fourth-order valence-electron chi connectivity index (χ4n) is 2.69. The Hall–Kier alpha value is -1.42. The number of unbranched alkanes of at least 4 members (excludes halogenated alkanes) is 1. The van der Waals surface area contributed by atoms with Crippen molar-refractivity contribution in [2.24, 2.45) is 0 Å². The number of carbonyl (C=O) groups is 1. The number of nitrogens with zero attached hydrogens (tertiary/aromatic N) is 2. The Morgan fingerprint density at radius 1 is 1.24 bits per heavy atom. The highest BCUT2D eigenvalue weighted by molar-refractivity contribution is 5.75. The minimum Gasteiger partial charge on any atom is -0.356 e. The molecule has 0 bridgehead atoms. The molecule has 1 N–H and O–H groups in total. The van der Waals surface area contributed by atoms with Crippen LogP contribution in [0.3, 0.4) is 0 Å². The van der Waals surface area contributed by atoms with Crippen LogP contribution in [-0.4, -0.2) is 37.0 Å². The van der Waals surface area contributed by atoms with E-state index in [-0.39, 0.29) is 5.91 Å². The predicted molar refractivity (Wildman–Crippen MR) is 83.9 cm³/mol. The molecule has 1 fully saturated rings. The van der Waals surface area contributed by atoms with Crippen LogP contribution in [0.5, 0.6) is 0 Å². The summed E-state index contributed by atoms with van der Waals surface area (Å²) in [5.41, 5.74) is 1.24. The van der Waals surface area contributed by atoms with Gasteiger partial charge in [-0.3, -0.25) is 4.79 Å². The van der Waals surface area contributed by atoms with Crippen molar-refractivity contribution >= 4 is 5.91 Å². The Labute approximate surface area is 128 Å². The van der Waals surface area contributed by atoms with Gasteiger partial charge >= 0.3 is 0 Å². The Balaban J connectivity index is 1.50. The van der Waals surface area contributed by atoms with Gasteiger partial charge in [0.15, 0.2) is 18.9 Å². The number of pyridine rings is 1. The third kappa shape index (κ3) is 6.25. The molecule has 0 saturated carbocycles. The van der Waals surface area contributed by atoms with Crippen LogP contribution in [0.4, 0.5) is 0 Å². The first-order chi connectivity index (χ1) is 10.2. The molecule has 0 aromatic carbocycles. The zero-order chi connectivity index (χ0) is 14.9. The molecule has 0 atom stereocenters. The van der Waals surface area contributed by atoms with Crippen LogP contribution in [-0.2, 0) is 11.3 Å². The monoisotopic (exact) mass is 290 g/mol. The third-order valence-electron chi connectivity index (χ3n) is 4.08. The van der Waals surface area contributed by atoms with E-state index in [4.69, 9.17) is 0 Å². The van der Waals surface area contributed by atoms with Crippen LogP contribution in [0.15, 0.2) is 24.5 Å². The van der Waals surface area contributed by atoms with Crippen molar-refractivity contribution in [2.45, 2.75) is 45.6 Å². The number of rotatable bonds is 8. The van der Waals surface area contributed by atoms with Gasteiger partial charge in [0.05, 0.1) is 6.42 Å². The van der Waals surface area contributed by atoms with E-state index < -0.39 is 0 Å². The number of amides is 1. The van der Waals surface area contributed by atoms with Gasteiger partial charge in [0.1, 0.15) is 0 Å². The predicted octanol–water partition coefficient (Wildman–Crippen LogP) is 1.66. The number of likely N-dealkylation sites (tertiary alicyclic amines) is 1. The zero-order valence-electron chi connectivity index (χ0n) is 13.2. The third-order valence-corrected chi connectivity index (χ3v) is 4.08. The number of hydrogen-bond acceptors (Lipinski definition) is 2. The van der Waals surface area contributed by atoms with Crippen LogP contribution >= 0.6 is 0 Å². The molecule has 1 aromatic rings. The summed E-state index contributed by atoms with van der Waals surface area (Å²) in [6.07, 6.45) is 9.59. The van der Waals surface area contributed by atoms with Crippen molar-refractivity contribution < 1.29 is 9.36 Å². The summed E-state index contributed by atoms with van der Waals surface area (Å²) < 4.78 is 2.06. The van der Waals surface area contributed by atoms with Gasteiger partial charge in [0, 0.05) is 18.7 Å². The second-order valence-electron chi connectivity index (χ2n) is 5.97. The van der Waals surface area contributed by atoms with Gasteiger partial charge in [-0.1, -0.05) is 0 Å². The number of aryl methyl sites for hydroxylation is 2. The highest BCUT2D eigenvalue weighted by atomic mass is 16.1. The summed E-state index contributed by atoms with van der Waals surface area (Å²) in [6.45, 7) is 7.35. The SMILES string of the molecule is Cc1cc[n+](CCC(=O)NCCCCN2CCCC2)cc1. The molecular formula is C17H28N3O+. The molecule has 1 aliphatic heterocycles. The molecule has 4 nitrogen and oxygen atoms in total. The van der Waals surface area contributed by atoms with Gasteiger partial charge in [-0.25, -0.2) is 4.57 Å². The van der Waals surface area contributed by atoms with Crippen molar-refractivity contribution in [1.29, 1.82) is 0 Å². The maximum absolute atomic E-state index is 11.8. The summed E-state index contributed by atoms with van der Waals surface area (Å²) >= 11 is 0. The first-order valence-electron chi connectivity index (χ1n) is 8.19. The number of hydrogen-bond donors (Lipinski definition) is 1. The van der Waals surface area contributed by atoms with Crippen molar-refractivity contribution in [2.75, 3.05) is 26.2 Å². The minimum absolute atomic E-state index is 0.157. The smallest absolute Gasteiger partial charge is 0.226 e. The van der Waals surface area contributed by atoms with Crippen molar-refractivity contribution in [3.05, 3.63) is 30.1 Å². The van der Waals surface area contributed by atoms with Gasteiger partial charge in [0.2, 0.25) is 5.91 Å². The quantitative estimate of drug-likeness (QED) is 0.584. The zero-order valence-corrected chi connectivity index (χ0v) is 13.2. The largest absolute Gasteiger partial charge is 0.356 e. The number of aromatic nitrogens is 1. The lowest BCUT2D eigenvalue weighted by atomic mass is 10.3. The molecule has 1 aromatic heterocycles. The van der Waals surface area contributed by atoms with E-state index in [1.54, 1.807) is 0 Å². The second kappa shape index (κ2) is 8.78. The first kappa shape index (κ1) is 16.0. The van der Waals surface area contributed by atoms with E-state index in [2.05, 4.69) is 33.8 Å².